The van der Waals surface area contributed by atoms with Crippen molar-refractivity contribution in [1.82, 2.24) is 0 Å². The molecular formula is C26H30N2O5S. The number of para-hydroxylation sites is 1. The summed E-state index contributed by atoms with van der Waals surface area (Å²) >= 11 is 0. The molecule has 0 atom stereocenters. The Balaban J connectivity index is 1.66. The zero-order valence-electron chi connectivity index (χ0n) is 19.6. The first-order chi connectivity index (χ1) is 16.3. The number of anilines is 2. The summed E-state index contributed by atoms with van der Waals surface area (Å²) in [6.45, 7) is 7.16. The lowest BCUT2D eigenvalue weighted by Gasteiger charge is -2.13. The molecule has 8 heteroatoms. The standard InChI is InChI=1S/C26H30N2O5S/c1-4-32-22-13-9-21(10-14-22)28-34(30,31)23-15-11-20(12-16-23)27-26(29)24-7-5-6-8-25(24)33-18-17-19(2)3/h5-16,19,28H,4,17-18H2,1-3H3,(H,27,29). The number of hydrogen-bond acceptors (Lipinski definition) is 5. The molecule has 0 aliphatic heterocycles. The minimum atomic E-state index is -3.78. The summed E-state index contributed by atoms with van der Waals surface area (Å²) < 4.78 is 39.1. The van der Waals surface area contributed by atoms with Gasteiger partial charge < -0.3 is 14.8 Å². The van der Waals surface area contributed by atoms with Gasteiger partial charge in [0, 0.05) is 11.4 Å². The molecule has 0 heterocycles. The van der Waals surface area contributed by atoms with E-state index >= 15 is 0 Å². The number of benzene rings is 3. The van der Waals surface area contributed by atoms with Crippen LogP contribution in [0.15, 0.2) is 77.7 Å². The summed E-state index contributed by atoms with van der Waals surface area (Å²) in [7, 11) is -3.78. The second kappa shape index (κ2) is 11.6. The van der Waals surface area contributed by atoms with Gasteiger partial charge in [-0.2, -0.15) is 0 Å². The molecule has 0 unspecified atom stereocenters. The Hall–Kier alpha value is -3.52. The van der Waals surface area contributed by atoms with Crippen molar-refractivity contribution in [3.8, 4) is 11.5 Å². The number of carbonyl (C=O) groups excluding carboxylic acids is 1. The minimum Gasteiger partial charge on any atom is -0.494 e. The van der Waals surface area contributed by atoms with Crippen LogP contribution in [0.5, 0.6) is 11.5 Å². The van der Waals surface area contributed by atoms with Crippen LogP contribution < -0.4 is 19.5 Å². The largest absolute Gasteiger partial charge is 0.494 e. The zero-order valence-corrected chi connectivity index (χ0v) is 20.4. The number of ether oxygens (including phenoxy) is 2. The maximum atomic E-state index is 12.8. The van der Waals surface area contributed by atoms with Crippen molar-refractivity contribution in [2.24, 2.45) is 5.92 Å². The molecule has 0 aliphatic rings. The highest BCUT2D eigenvalue weighted by atomic mass is 32.2. The van der Waals surface area contributed by atoms with Crippen LogP contribution in [0.3, 0.4) is 0 Å². The lowest BCUT2D eigenvalue weighted by atomic mass is 10.1. The van der Waals surface area contributed by atoms with Crippen molar-refractivity contribution >= 4 is 27.3 Å². The van der Waals surface area contributed by atoms with Gasteiger partial charge in [-0.05, 0) is 79.9 Å². The normalized spacial score (nSPS) is 11.2. The van der Waals surface area contributed by atoms with Gasteiger partial charge in [0.05, 0.1) is 23.7 Å². The molecule has 3 aromatic rings. The van der Waals surface area contributed by atoms with E-state index in [9.17, 15) is 13.2 Å². The van der Waals surface area contributed by atoms with Crippen LogP contribution in [0.25, 0.3) is 0 Å². The monoisotopic (exact) mass is 482 g/mol. The Labute approximate surface area is 201 Å². The van der Waals surface area contributed by atoms with E-state index in [1.165, 1.54) is 12.1 Å². The third-order valence-corrected chi connectivity index (χ3v) is 6.32. The van der Waals surface area contributed by atoms with Crippen molar-refractivity contribution in [2.75, 3.05) is 23.3 Å². The number of carbonyl (C=O) groups is 1. The lowest BCUT2D eigenvalue weighted by molar-refractivity contribution is 0.102. The van der Waals surface area contributed by atoms with Crippen molar-refractivity contribution in [2.45, 2.75) is 32.1 Å². The fourth-order valence-corrected chi connectivity index (χ4v) is 4.16. The summed E-state index contributed by atoms with van der Waals surface area (Å²) in [6, 6.07) is 19.7. The van der Waals surface area contributed by atoms with Gasteiger partial charge in [-0.3, -0.25) is 9.52 Å². The number of nitrogens with one attached hydrogen (secondary N) is 2. The van der Waals surface area contributed by atoms with Crippen LogP contribution in [-0.4, -0.2) is 27.5 Å². The van der Waals surface area contributed by atoms with Crippen molar-refractivity contribution in [3.63, 3.8) is 0 Å². The van der Waals surface area contributed by atoms with Crippen molar-refractivity contribution in [3.05, 3.63) is 78.4 Å². The SMILES string of the molecule is CCOc1ccc(NS(=O)(=O)c2ccc(NC(=O)c3ccccc3OCCC(C)C)cc2)cc1. The van der Waals surface area contributed by atoms with Crippen LogP contribution in [0.1, 0.15) is 37.6 Å². The molecule has 7 nitrogen and oxygen atoms in total. The summed E-state index contributed by atoms with van der Waals surface area (Å²) in [5, 5.41) is 2.80. The summed E-state index contributed by atoms with van der Waals surface area (Å²) in [5.41, 5.74) is 1.32. The second-order valence-electron chi connectivity index (χ2n) is 8.07. The van der Waals surface area contributed by atoms with E-state index in [4.69, 9.17) is 9.47 Å². The maximum Gasteiger partial charge on any atom is 0.261 e. The van der Waals surface area contributed by atoms with Crippen LogP contribution in [0.4, 0.5) is 11.4 Å². The predicted octanol–water partition coefficient (Wildman–Crippen LogP) is 5.56. The fourth-order valence-electron chi connectivity index (χ4n) is 3.10. The molecule has 180 valence electrons. The van der Waals surface area contributed by atoms with Crippen LogP contribution >= 0.6 is 0 Å². The predicted molar refractivity (Wildman–Crippen MR) is 134 cm³/mol. The number of sulfonamides is 1. The Morgan fingerprint density at radius 1 is 0.882 bits per heavy atom. The Kier molecular flexibility index (Phi) is 8.54. The van der Waals surface area contributed by atoms with E-state index in [1.54, 1.807) is 54.6 Å². The molecule has 0 bridgehead atoms. The van der Waals surface area contributed by atoms with E-state index in [-0.39, 0.29) is 10.8 Å². The molecule has 0 saturated carbocycles. The van der Waals surface area contributed by atoms with Gasteiger partial charge in [-0.1, -0.05) is 26.0 Å². The van der Waals surface area contributed by atoms with Crippen molar-refractivity contribution < 1.29 is 22.7 Å². The number of rotatable bonds is 11. The Bertz CT molecular complexity index is 1190. The average molecular weight is 483 g/mol. The van der Waals surface area contributed by atoms with Gasteiger partial charge in [-0.15, -0.1) is 0 Å². The third-order valence-electron chi connectivity index (χ3n) is 4.92. The highest BCUT2D eigenvalue weighted by molar-refractivity contribution is 7.92. The van der Waals surface area contributed by atoms with E-state index in [2.05, 4.69) is 23.9 Å². The highest BCUT2D eigenvalue weighted by Gasteiger charge is 2.16. The summed E-state index contributed by atoms with van der Waals surface area (Å²) in [6.07, 6.45) is 0.886. The minimum absolute atomic E-state index is 0.0804. The quantitative estimate of drug-likeness (QED) is 0.373. The highest BCUT2D eigenvalue weighted by Crippen LogP contribution is 2.23. The Morgan fingerprint density at radius 3 is 2.18 bits per heavy atom. The molecule has 0 aromatic heterocycles. The number of amides is 1. The summed E-state index contributed by atoms with van der Waals surface area (Å²) in [5.74, 6) is 1.35. The molecule has 0 spiro atoms. The third kappa shape index (κ3) is 6.99. The first-order valence-corrected chi connectivity index (χ1v) is 12.7. The van der Waals surface area contributed by atoms with Gasteiger partial charge in [0.1, 0.15) is 11.5 Å². The number of hydrogen-bond donors (Lipinski definition) is 2. The first kappa shape index (κ1) is 25.1. The maximum absolute atomic E-state index is 12.8. The fraction of sp³-hybridized carbons (Fsp3) is 0.269. The molecule has 0 aliphatic carbocycles. The van der Waals surface area contributed by atoms with Crippen LogP contribution in [0.2, 0.25) is 0 Å². The molecule has 0 fully saturated rings. The van der Waals surface area contributed by atoms with Gasteiger partial charge in [-0.25, -0.2) is 8.42 Å². The average Bonchev–Trinajstić information content (AvgIpc) is 2.81. The molecule has 0 saturated heterocycles. The molecule has 34 heavy (non-hydrogen) atoms. The van der Waals surface area contributed by atoms with Crippen LogP contribution in [-0.2, 0) is 10.0 Å². The molecule has 3 rings (SSSR count). The molecule has 1 amide bonds. The van der Waals surface area contributed by atoms with Crippen LogP contribution in [0, 0.1) is 5.92 Å². The van der Waals surface area contributed by atoms with E-state index in [0.717, 1.165) is 6.42 Å². The van der Waals surface area contributed by atoms with Gasteiger partial charge in [0.25, 0.3) is 15.9 Å². The lowest BCUT2D eigenvalue weighted by Crippen LogP contribution is -2.15. The van der Waals surface area contributed by atoms with E-state index in [0.29, 0.717) is 47.6 Å². The second-order valence-corrected chi connectivity index (χ2v) is 9.75. The Morgan fingerprint density at radius 2 is 1.53 bits per heavy atom. The molecular weight excluding hydrogens is 452 g/mol. The first-order valence-electron chi connectivity index (χ1n) is 11.2. The smallest absolute Gasteiger partial charge is 0.261 e. The van der Waals surface area contributed by atoms with Gasteiger partial charge in [0.2, 0.25) is 0 Å². The van der Waals surface area contributed by atoms with Gasteiger partial charge >= 0.3 is 0 Å². The van der Waals surface area contributed by atoms with E-state index in [1.807, 2.05) is 13.0 Å². The topological polar surface area (TPSA) is 93.7 Å². The molecule has 3 aromatic carbocycles. The zero-order chi connectivity index (χ0) is 24.6. The molecule has 2 N–H and O–H groups in total. The van der Waals surface area contributed by atoms with E-state index < -0.39 is 10.0 Å². The molecule has 0 radical (unpaired) electrons. The van der Waals surface area contributed by atoms with Gasteiger partial charge in [0.15, 0.2) is 0 Å². The van der Waals surface area contributed by atoms with Crippen molar-refractivity contribution in [1.29, 1.82) is 0 Å². The summed E-state index contributed by atoms with van der Waals surface area (Å²) in [4.78, 5) is 12.9.